The number of nitrogens with one attached hydrogen (secondary N) is 2. The summed E-state index contributed by atoms with van der Waals surface area (Å²) in [6.45, 7) is 3.92. The van der Waals surface area contributed by atoms with Gasteiger partial charge >= 0.3 is 0 Å². The molecule has 3 amide bonds. The first-order valence-corrected chi connectivity index (χ1v) is 9.25. The van der Waals surface area contributed by atoms with E-state index in [2.05, 4.69) is 5.32 Å². The molecule has 0 aliphatic rings. The van der Waals surface area contributed by atoms with E-state index in [9.17, 15) is 14.4 Å². The van der Waals surface area contributed by atoms with Crippen molar-refractivity contribution in [3.63, 3.8) is 0 Å². The lowest BCUT2D eigenvalue weighted by molar-refractivity contribution is -0.145. The Balaban J connectivity index is 2.92. The summed E-state index contributed by atoms with van der Waals surface area (Å²) in [6.07, 6.45) is 1.52. The van der Waals surface area contributed by atoms with Gasteiger partial charge in [0.15, 0.2) is 0 Å². The number of nitrogens with zero attached hydrogens (tertiary/aromatic N) is 1. The van der Waals surface area contributed by atoms with Crippen LogP contribution >= 0.6 is 0 Å². The summed E-state index contributed by atoms with van der Waals surface area (Å²) < 4.78 is 0. The number of amides is 3. The third kappa shape index (κ3) is 7.38. The summed E-state index contributed by atoms with van der Waals surface area (Å²) in [7, 11) is 3.14. The van der Waals surface area contributed by atoms with Crippen molar-refractivity contribution in [3.05, 3.63) is 35.9 Å². The van der Waals surface area contributed by atoms with Gasteiger partial charge in [0.1, 0.15) is 6.04 Å². The van der Waals surface area contributed by atoms with Crippen LogP contribution in [-0.2, 0) is 20.8 Å². The van der Waals surface area contributed by atoms with Crippen molar-refractivity contribution in [1.82, 2.24) is 15.7 Å². The monoisotopic (exact) mass is 377 g/mol. The third-order valence-corrected chi connectivity index (χ3v) is 4.58. The number of benzene rings is 1. The fourth-order valence-corrected chi connectivity index (χ4v) is 3.17. The van der Waals surface area contributed by atoms with Crippen molar-refractivity contribution < 1.29 is 19.6 Å². The maximum absolute atomic E-state index is 13.0. The van der Waals surface area contributed by atoms with E-state index in [0.29, 0.717) is 19.3 Å². The minimum Gasteiger partial charge on any atom is -0.357 e. The minimum atomic E-state index is -0.630. The first-order chi connectivity index (χ1) is 12.8. The summed E-state index contributed by atoms with van der Waals surface area (Å²) in [6, 6.07) is 9.13. The molecule has 0 bridgehead atoms. The lowest BCUT2D eigenvalue weighted by Crippen LogP contribution is -2.49. The molecule has 0 unspecified atom stereocenters. The Morgan fingerprint density at radius 2 is 1.78 bits per heavy atom. The average Bonchev–Trinajstić information content (AvgIpc) is 2.66. The van der Waals surface area contributed by atoms with Gasteiger partial charge in [-0.25, -0.2) is 5.48 Å². The van der Waals surface area contributed by atoms with Crippen LogP contribution in [0.5, 0.6) is 0 Å². The summed E-state index contributed by atoms with van der Waals surface area (Å²) >= 11 is 0. The Hall–Kier alpha value is -2.41. The number of rotatable bonds is 10. The Morgan fingerprint density at radius 1 is 1.15 bits per heavy atom. The molecule has 0 saturated carbocycles. The van der Waals surface area contributed by atoms with E-state index in [4.69, 9.17) is 5.21 Å². The van der Waals surface area contributed by atoms with Gasteiger partial charge in [0.25, 0.3) is 0 Å². The molecule has 1 aromatic rings. The number of aryl methyl sites for hydroxylation is 1. The maximum Gasteiger partial charge on any atom is 0.244 e. The Kier molecular flexibility index (Phi) is 9.50. The van der Waals surface area contributed by atoms with Gasteiger partial charge in [0, 0.05) is 26.4 Å². The van der Waals surface area contributed by atoms with Gasteiger partial charge in [0.2, 0.25) is 17.7 Å². The van der Waals surface area contributed by atoms with Crippen LogP contribution < -0.4 is 10.8 Å². The normalized spacial score (nSPS) is 13.0. The number of hydroxylamine groups is 1. The predicted molar refractivity (Wildman–Crippen MR) is 103 cm³/mol. The molecule has 0 aromatic heterocycles. The van der Waals surface area contributed by atoms with Gasteiger partial charge in [-0.05, 0) is 30.7 Å². The van der Waals surface area contributed by atoms with Crippen molar-refractivity contribution in [2.75, 3.05) is 14.1 Å². The molecular formula is C20H31N3O4. The minimum absolute atomic E-state index is 0.114. The van der Waals surface area contributed by atoms with Crippen molar-refractivity contribution in [3.8, 4) is 0 Å². The second-order valence-corrected chi connectivity index (χ2v) is 7.17. The van der Waals surface area contributed by atoms with Crippen LogP contribution in [0.15, 0.2) is 30.3 Å². The highest BCUT2D eigenvalue weighted by Crippen LogP contribution is 2.20. The number of hydrogen-bond acceptors (Lipinski definition) is 4. The van der Waals surface area contributed by atoms with E-state index in [0.717, 1.165) is 5.56 Å². The predicted octanol–water partition coefficient (Wildman–Crippen LogP) is 1.75. The summed E-state index contributed by atoms with van der Waals surface area (Å²) in [5, 5.41) is 11.4. The van der Waals surface area contributed by atoms with Gasteiger partial charge in [-0.1, -0.05) is 44.2 Å². The number of carbonyl (C=O) groups excluding carboxylic acids is 3. The molecule has 0 spiro atoms. The Bertz CT molecular complexity index is 619. The fraction of sp³-hybridized carbons (Fsp3) is 0.550. The molecule has 0 heterocycles. The lowest BCUT2D eigenvalue weighted by atomic mass is 9.91. The summed E-state index contributed by atoms with van der Waals surface area (Å²) in [4.78, 5) is 38.4. The van der Waals surface area contributed by atoms with Crippen LogP contribution in [0.1, 0.15) is 38.7 Å². The van der Waals surface area contributed by atoms with E-state index in [1.807, 2.05) is 44.2 Å². The van der Waals surface area contributed by atoms with Gasteiger partial charge in [0.05, 0.1) is 0 Å². The van der Waals surface area contributed by atoms with Crippen LogP contribution in [0.25, 0.3) is 0 Å². The molecule has 2 atom stereocenters. The van der Waals surface area contributed by atoms with E-state index >= 15 is 0 Å². The van der Waals surface area contributed by atoms with E-state index in [1.165, 1.54) is 4.90 Å². The molecule has 1 rings (SSSR count). The van der Waals surface area contributed by atoms with Crippen LogP contribution in [0.2, 0.25) is 0 Å². The highest BCUT2D eigenvalue weighted by atomic mass is 16.5. The van der Waals surface area contributed by atoms with Gasteiger partial charge in [-0.2, -0.15) is 0 Å². The first-order valence-electron chi connectivity index (χ1n) is 9.25. The van der Waals surface area contributed by atoms with Gasteiger partial charge in [-0.15, -0.1) is 0 Å². The van der Waals surface area contributed by atoms with Crippen molar-refractivity contribution in [1.29, 1.82) is 0 Å². The Labute approximate surface area is 161 Å². The van der Waals surface area contributed by atoms with Crippen LogP contribution in [0, 0.1) is 11.8 Å². The molecule has 27 heavy (non-hydrogen) atoms. The van der Waals surface area contributed by atoms with E-state index in [1.54, 1.807) is 19.6 Å². The highest BCUT2D eigenvalue weighted by Gasteiger charge is 2.32. The molecule has 0 aliphatic heterocycles. The zero-order valence-corrected chi connectivity index (χ0v) is 16.6. The highest BCUT2D eigenvalue weighted by molar-refractivity contribution is 5.90. The number of carbonyl (C=O) groups is 3. The molecule has 0 fully saturated rings. The SMILES string of the molecule is CNC(=O)[C@H](CCc1ccccc1)N(C)C(=O)[C@H](CC(=O)NO)CC(C)C. The molecule has 1 aromatic carbocycles. The smallest absolute Gasteiger partial charge is 0.244 e. The largest absolute Gasteiger partial charge is 0.357 e. The zero-order valence-electron chi connectivity index (χ0n) is 16.6. The van der Waals surface area contributed by atoms with Crippen LogP contribution in [0.3, 0.4) is 0 Å². The zero-order chi connectivity index (χ0) is 20.4. The molecule has 7 nitrogen and oxygen atoms in total. The number of hydrogen-bond donors (Lipinski definition) is 3. The fourth-order valence-electron chi connectivity index (χ4n) is 3.17. The second-order valence-electron chi connectivity index (χ2n) is 7.17. The number of likely N-dealkylation sites (N-methyl/N-ethyl adjacent to an activating group) is 2. The third-order valence-electron chi connectivity index (χ3n) is 4.58. The van der Waals surface area contributed by atoms with Gasteiger partial charge in [-0.3, -0.25) is 19.6 Å². The summed E-state index contributed by atoms with van der Waals surface area (Å²) in [5.74, 6) is -1.51. The van der Waals surface area contributed by atoms with Crippen molar-refractivity contribution >= 4 is 17.7 Å². The lowest BCUT2D eigenvalue weighted by Gasteiger charge is -2.30. The molecule has 150 valence electrons. The van der Waals surface area contributed by atoms with Gasteiger partial charge < -0.3 is 10.2 Å². The molecule has 0 saturated heterocycles. The van der Waals surface area contributed by atoms with Crippen molar-refractivity contribution in [2.45, 2.75) is 45.6 Å². The summed E-state index contributed by atoms with van der Waals surface area (Å²) in [5.41, 5.74) is 2.67. The first kappa shape index (κ1) is 22.6. The maximum atomic E-state index is 13.0. The van der Waals surface area contributed by atoms with Crippen LogP contribution in [-0.4, -0.2) is 48.0 Å². The van der Waals surface area contributed by atoms with Crippen LogP contribution in [0.4, 0.5) is 0 Å². The molecule has 0 radical (unpaired) electrons. The molecule has 7 heteroatoms. The quantitative estimate of drug-likeness (QED) is 0.427. The topological polar surface area (TPSA) is 98.7 Å². The second kappa shape index (κ2) is 11.3. The van der Waals surface area contributed by atoms with E-state index in [-0.39, 0.29) is 24.2 Å². The standard InChI is InChI=1S/C20H31N3O4/c1-14(2)12-16(13-18(24)22-27)20(26)23(4)17(19(25)21-3)11-10-15-8-6-5-7-9-15/h5-9,14,16-17,27H,10-13H2,1-4H3,(H,21,25)(H,22,24)/t16-,17-/m0/s1. The average molecular weight is 377 g/mol. The molecule has 0 aliphatic carbocycles. The molecule has 3 N–H and O–H groups in total. The van der Waals surface area contributed by atoms with E-state index < -0.39 is 17.9 Å². The molecular weight excluding hydrogens is 346 g/mol. The van der Waals surface area contributed by atoms with Crippen molar-refractivity contribution in [2.24, 2.45) is 11.8 Å². The Morgan fingerprint density at radius 3 is 2.30 bits per heavy atom.